The van der Waals surface area contributed by atoms with E-state index in [1.54, 1.807) is 18.0 Å². The van der Waals surface area contributed by atoms with Gasteiger partial charge in [0.1, 0.15) is 17.9 Å². The lowest BCUT2D eigenvalue weighted by Crippen LogP contribution is -2.14. The lowest BCUT2D eigenvalue weighted by Gasteiger charge is -2.15. The van der Waals surface area contributed by atoms with Crippen LogP contribution in [0, 0.1) is 0 Å². The van der Waals surface area contributed by atoms with Crippen molar-refractivity contribution >= 4 is 16.9 Å². The van der Waals surface area contributed by atoms with Crippen molar-refractivity contribution in [1.82, 2.24) is 19.7 Å². The Morgan fingerprint density at radius 2 is 2.14 bits per heavy atom. The number of hydrogen-bond donors (Lipinski definition) is 2. The zero-order chi connectivity index (χ0) is 15.5. The van der Waals surface area contributed by atoms with E-state index in [0.717, 1.165) is 16.6 Å². The molecule has 0 aliphatic carbocycles. The smallest absolute Gasteiger partial charge is 0.163 e. The third-order valence-corrected chi connectivity index (χ3v) is 3.49. The number of aliphatic hydroxyl groups excluding tert-OH is 1. The van der Waals surface area contributed by atoms with Crippen LogP contribution in [0.4, 0.5) is 5.82 Å². The van der Waals surface area contributed by atoms with Crippen LogP contribution in [0.1, 0.15) is 11.7 Å². The van der Waals surface area contributed by atoms with E-state index in [4.69, 9.17) is 4.74 Å². The van der Waals surface area contributed by atoms with Crippen LogP contribution >= 0.6 is 0 Å². The fourth-order valence-corrected chi connectivity index (χ4v) is 2.35. The molecule has 0 saturated heterocycles. The van der Waals surface area contributed by atoms with Gasteiger partial charge in [-0.2, -0.15) is 5.10 Å². The summed E-state index contributed by atoms with van der Waals surface area (Å²) in [6.07, 6.45) is 2.47. The summed E-state index contributed by atoms with van der Waals surface area (Å²) in [6, 6.07) is 7.39. The average Bonchev–Trinajstić information content (AvgIpc) is 2.94. The minimum atomic E-state index is -0.710. The summed E-state index contributed by atoms with van der Waals surface area (Å²) in [5, 5.41) is 18.5. The van der Waals surface area contributed by atoms with E-state index < -0.39 is 6.10 Å². The molecule has 2 N–H and O–H groups in total. The van der Waals surface area contributed by atoms with Gasteiger partial charge in [-0.15, -0.1) is 0 Å². The largest absolute Gasteiger partial charge is 0.496 e. The minimum absolute atomic E-state index is 0.307. The first-order chi connectivity index (χ1) is 10.7. The summed E-state index contributed by atoms with van der Waals surface area (Å²) in [6.45, 7) is 0.307. The maximum Gasteiger partial charge on any atom is 0.163 e. The van der Waals surface area contributed by atoms with Crippen molar-refractivity contribution in [2.24, 2.45) is 7.05 Å². The van der Waals surface area contributed by atoms with Crippen molar-refractivity contribution in [3.63, 3.8) is 0 Å². The average molecular weight is 299 g/mol. The Kier molecular flexibility index (Phi) is 3.88. The first kappa shape index (κ1) is 14.3. The molecule has 3 rings (SSSR count). The van der Waals surface area contributed by atoms with Crippen LogP contribution in [0.5, 0.6) is 5.75 Å². The molecule has 2 heterocycles. The van der Waals surface area contributed by atoms with Gasteiger partial charge in [-0.05, 0) is 6.07 Å². The summed E-state index contributed by atoms with van der Waals surface area (Å²) in [5.41, 5.74) is 1.47. The summed E-state index contributed by atoms with van der Waals surface area (Å²) in [5.74, 6) is 1.30. The number of aryl methyl sites for hydroxylation is 1. The molecule has 0 aliphatic rings. The zero-order valence-corrected chi connectivity index (χ0v) is 12.4. The Morgan fingerprint density at radius 1 is 1.32 bits per heavy atom. The highest BCUT2D eigenvalue weighted by Gasteiger charge is 2.14. The van der Waals surface area contributed by atoms with E-state index in [9.17, 15) is 5.11 Å². The van der Waals surface area contributed by atoms with Crippen molar-refractivity contribution < 1.29 is 9.84 Å². The van der Waals surface area contributed by atoms with Crippen LogP contribution in [0.3, 0.4) is 0 Å². The number of nitrogens with zero attached hydrogens (tertiary/aromatic N) is 4. The molecule has 0 aliphatic heterocycles. The summed E-state index contributed by atoms with van der Waals surface area (Å²) >= 11 is 0. The van der Waals surface area contributed by atoms with Gasteiger partial charge >= 0.3 is 0 Å². The number of aliphatic hydroxyl groups is 1. The molecular formula is C15H17N5O2. The fraction of sp³-hybridized carbons (Fsp3) is 0.267. The minimum Gasteiger partial charge on any atom is -0.496 e. The van der Waals surface area contributed by atoms with E-state index in [2.05, 4.69) is 20.4 Å². The molecule has 7 nitrogen and oxygen atoms in total. The van der Waals surface area contributed by atoms with Crippen LogP contribution in [-0.2, 0) is 7.05 Å². The number of anilines is 1. The van der Waals surface area contributed by atoms with E-state index >= 15 is 0 Å². The molecule has 22 heavy (non-hydrogen) atoms. The number of hydrogen-bond acceptors (Lipinski definition) is 6. The molecule has 7 heteroatoms. The highest BCUT2D eigenvalue weighted by Crippen LogP contribution is 2.25. The lowest BCUT2D eigenvalue weighted by atomic mass is 10.1. The molecule has 0 spiro atoms. The van der Waals surface area contributed by atoms with E-state index in [0.29, 0.717) is 18.1 Å². The maximum absolute atomic E-state index is 10.4. The van der Waals surface area contributed by atoms with Crippen LogP contribution in [0.2, 0.25) is 0 Å². The van der Waals surface area contributed by atoms with Gasteiger partial charge in [-0.3, -0.25) is 4.68 Å². The summed E-state index contributed by atoms with van der Waals surface area (Å²) < 4.78 is 6.94. The molecule has 3 aromatic rings. The molecule has 0 saturated carbocycles. The van der Waals surface area contributed by atoms with Gasteiger partial charge in [0, 0.05) is 19.2 Å². The van der Waals surface area contributed by atoms with Crippen molar-refractivity contribution in [2.45, 2.75) is 6.10 Å². The Balaban J connectivity index is 1.79. The predicted octanol–water partition coefficient (Wildman–Crippen LogP) is 1.52. The molecule has 1 unspecified atom stereocenters. The number of rotatable bonds is 5. The number of benzene rings is 1. The summed E-state index contributed by atoms with van der Waals surface area (Å²) in [7, 11) is 3.41. The molecule has 1 aromatic carbocycles. The highest BCUT2D eigenvalue weighted by atomic mass is 16.5. The van der Waals surface area contributed by atoms with Crippen LogP contribution in [0.15, 0.2) is 36.8 Å². The van der Waals surface area contributed by atoms with Crippen molar-refractivity contribution in [2.75, 3.05) is 19.0 Å². The van der Waals surface area contributed by atoms with Crippen LogP contribution < -0.4 is 10.1 Å². The molecular weight excluding hydrogens is 282 g/mol. The van der Waals surface area contributed by atoms with Gasteiger partial charge in [0.2, 0.25) is 0 Å². The van der Waals surface area contributed by atoms with Crippen LogP contribution in [-0.4, -0.2) is 38.5 Å². The molecule has 2 aromatic heterocycles. The van der Waals surface area contributed by atoms with E-state index in [1.807, 2.05) is 31.3 Å². The second kappa shape index (κ2) is 5.98. The predicted molar refractivity (Wildman–Crippen MR) is 82.7 cm³/mol. The van der Waals surface area contributed by atoms with Crippen LogP contribution in [0.25, 0.3) is 11.0 Å². The number of para-hydroxylation sites is 1. The SMILES string of the molecule is COc1ccccc1C(O)CNc1ncnc2c1cnn2C. The Bertz CT molecular complexity index is 786. The topological polar surface area (TPSA) is 85.1 Å². The number of nitrogens with one attached hydrogen (secondary N) is 1. The molecule has 0 amide bonds. The third kappa shape index (κ3) is 2.58. The molecule has 0 bridgehead atoms. The first-order valence-corrected chi connectivity index (χ1v) is 6.88. The molecule has 114 valence electrons. The lowest BCUT2D eigenvalue weighted by molar-refractivity contribution is 0.187. The van der Waals surface area contributed by atoms with Gasteiger partial charge in [-0.1, -0.05) is 18.2 Å². The Labute approximate surface area is 127 Å². The quantitative estimate of drug-likeness (QED) is 0.743. The van der Waals surface area contributed by atoms with Gasteiger partial charge < -0.3 is 15.2 Å². The van der Waals surface area contributed by atoms with Gasteiger partial charge in [-0.25, -0.2) is 9.97 Å². The maximum atomic E-state index is 10.4. The van der Waals surface area contributed by atoms with Gasteiger partial charge in [0.25, 0.3) is 0 Å². The summed E-state index contributed by atoms with van der Waals surface area (Å²) in [4.78, 5) is 8.39. The van der Waals surface area contributed by atoms with E-state index in [1.165, 1.54) is 6.33 Å². The second-order valence-corrected chi connectivity index (χ2v) is 4.87. The Morgan fingerprint density at radius 3 is 2.95 bits per heavy atom. The van der Waals surface area contributed by atoms with E-state index in [-0.39, 0.29) is 0 Å². The number of fused-ring (bicyclic) bond motifs is 1. The monoisotopic (exact) mass is 299 g/mol. The normalized spacial score (nSPS) is 12.3. The standard InChI is InChI=1S/C15H17N5O2/c1-20-15-11(7-19-20)14(17-9-18-15)16-8-12(21)10-5-3-4-6-13(10)22-2/h3-7,9,12,21H,8H2,1-2H3,(H,16,17,18). The number of aromatic nitrogens is 4. The van der Waals surface area contributed by atoms with Gasteiger partial charge in [0.15, 0.2) is 5.65 Å². The Hall–Kier alpha value is -2.67. The third-order valence-electron chi connectivity index (χ3n) is 3.49. The zero-order valence-electron chi connectivity index (χ0n) is 12.4. The number of methoxy groups -OCH3 is 1. The fourth-order valence-electron chi connectivity index (χ4n) is 2.35. The van der Waals surface area contributed by atoms with Crippen molar-refractivity contribution in [3.8, 4) is 5.75 Å². The van der Waals surface area contributed by atoms with Crippen molar-refractivity contribution in [3.05, 3.63) is 42.4 Å². The molecule has 0 radical (unpaired) electrons. The van der Waals surface area contributed by atoms with Crippen molar-refractivity contribution in [1.29, 1.82) is 0 Å². The highest BCUT2D eigenvalue weighted by molar-refractivity contribution is 5.85. The number of ether oxygens (including phenoxy) is 1. The second-order valence-electron chi connectivity index (χ2n) is 4.87. The molecule has 0 fully saturated rings. The molecule has 1 atom stereocenters. The first-order valence-electron chi connectivity index (χ1n) is 6.88. The van der Waals surface area contributed by atoms with Gasteiger partial charge in [0.05, 0.1) is 24.8 Å².